The van der Waals surface area contributed by atoms with E-state index in [1.54, 1.807) is 12.1 Å². The molecule has 2 fully saturated rings. The first kappa shape index (κ1) is 19.1. The summed E-state index contributed by atoms with van der Waals surface area (Å²) in [6.45, 7) is 1.75. The van der Waals surface area contributed by atoms with E-state index in [1.165, 1.54) is 0 Å². The third-order valence-corrected chi connectivity index (χ3v) is 5.66. The fraction of sp³-hybridized carbons (Fsp3) is 0.684. The van der Waals surface area contributed by atoms with Gasteiger partial charge in [-0.25, -0.2) is 0 Å². The first-order chi connectivity index (χ1) is 12.5. The highest BCUT2D eigenvalue weighted by atomic mass is 16.3. The van der Waals surface area contributed by atoms with Crippen molar-refractivity contribution < 1.29 is 15.0 Å². The van der Waals surface area contributed by atoms with Crippen molar-refractivity contribution in [2.45, 2.75) is 63.1 Å². The van der Waals surface area contributed by atoms with Gasteiger partial charge in [-0.1, -0.05) is 19.3 Å². The van der Waals surface area contributed by atoms with Crippen LogP contribution in [0, 0.1) is 0 Å². The van der Waals surface area contributed by atoms with Crippen molar-refractivity contribution in [1.82, 2.24) is 15.2 Å². The van der Waals surface area contributed by atoms with Gasteiger partial charge in [0.25, 0.3) is 11.5 Å². The Balaban J connectivity index is 1.60. The lowest BCUT2D eigenvalue weighted by atomic mass is 9.85. The predicted molar refractivity (Wildman–Crippen MR) is 97.9 cm³/mol. The SMILES string of the molecule is O=C(NCC1(O)CCCCC1)c1ccc(CN2CCC[C@H]2CO)[nH]c1=O. The Morgan fingerprint density at radius 1 is 1.27 bits per heavy atom. The van der Waals surface area contributed by atoms with Crippen molar-refractivity contribution in [1.29, 1.82) is 0 Å². The number of aliphatic hydroxyl groups is 2. The van der Waals surface area contributed by atoms with Gasteiger partial charge in [0.15, 0.2) is 0 Å². The van der Waals surface area contributed by atoms with Crippen LogP contribution in [0.2, 0.25) is 0 Å². The first-order valence-corrected chi connectivity index (χ1v) is 9.58. The number of likely N-dealkylation sites (tertiary alicyclic amines) is 1. The molecule has 2 aliphatic rings. The molecule has 26 heavy (non-hydrogen) atoms. The van der Waals surface area contributed by atoms with E-state index in [2.05, 4.69) is 15.2 Å². The Bertz CT molecular complexity index is 682. The zero-order valence-corrected chi connectivity index (χ0v) is 15.2. The average molecular weight is 363 g/mol. The molecule has 2 heterocycles. The third kappa shape index (κ3) is 4.52. The smallest absolute Gasteiger partial charge is 0.261 e. The minimum absolute atomic E-state index is 0.0632. The van der Waals surface area contributed by atoms with Crippen molar-refractivity contribution in [2.24, 2.45) is 0 Å². The summed E-state index contributed by atoms with van der Waals surface area (Å²) in [5.74, 6) is -0.453. The van der Waals surface area contributed by atoms with E-state index in [0.717, 1.165) is 44.3 Å². The minimum atomic E-state index is -0.852. The monoisotopic (exact) mass is 363 g/mol. The van der Waals surface area contributed by atoms with Gasteiger partial charge in [0.1, 0.15) is 5.56 Å². The summed E-state index contributed by atoms with van der Waals surface area (Å²) in [6, 6.07) is 3.43. The van der Waals surface area contributed by atoms with Crippen LogP contribution in [0.1, 0.15) is 61.0 Å². The van der Waals surface area contributed by atoms with E-state index < -0.39 is 17.1 Å². The van der Waals surface area contributed by atoms with Crippen molar-refractivity contribution in [3.8, 4) is 0 Å². The molecule has 1 amide bonds. The van der Waals surface area contributed by atoms with Crippen LogP contribution < -0.4 is 10.9 Å². The molecule has 1 atom stereocenters. The molecular formula is C19H29N3O4. The third-order valence-electron chi connectivity index (χ3n) is 5.66. The number of hydrogen-bond acceptors (Lipinski definition) is 5. The highest BCUT2D eigenvalue weighted by Crippen LogP contribution is 2.27. The molecule has 0 radical (unpaired) electrons. The van der Waals surface area contributed by atoms with E-state index in [1.807, 2.05) is 0 Å². The summed E-state index contributed by atoms with van der Waals surface area (Å²) in [6.07, 6.45) is 6.42. The van der Waals surface area contributed by atoms with Crippen molar-refractivity contribution in [3.05, 3.63) is 33.7 Å². The molecule has 7 nitrogen and oxygen atoms in total. The van der Waals surface area contributed by atoms with Crippen LogP contribution in [0.5, 0.6) is 0 Å². The number of aromatic amines is 1. The Morgan fingerprint density at radius 3 is 2.73 bits per heavy atom. The second-order valence-corrected chi connectivity index (χ2v) is 7.64. The van der Waals surface area contributed by atoms with Crippen molar-refractivity contribution >= 4 is 5.91 Å². The van der Waals surface area contributed by atoms with Gasteiger partial charge in [-0.15, -0.1) is 0 Å². The molecular weight excluding hydrogens is 334 g/mol. The van der Waals surface area contributed by atoms with Crippen LogP contribution in [-0.4, -0.2) is 57.3 Å². The number of nitrogens with one attached hydrogen (secondary N) is 2. The number of pyridine rings is 1. The van der Waals surface area contributed by atoms with E-state index in [9.17, 15) is 19.8 Å². The quantitative estimate of drug-likeness (QED) is 0.597. The average Bonchev–Trinajstić information content (AvgIpc) is 3.08. The molecule has 1 aromatic rings. The van der Waals surface area contributed by atoms with E-state index >= 15 is 0 Å². The number of carbonyl (C=O) groups excluding carboxylic acids is 1. The largest absolute Gasteiger partial charge is 0.395 e. The number of amides is 1. The van der Waals surface area contributed by atoms with Gasteiger partial charge in [-0.2, -0.15) is 0 Å². The van der Waals surface area contributed by atoms with Crippen LogP contribution in [0.25, 0.3) is 0 Å². The van der Waals surface area contributed by atoms with Crippen molar-refractivity contribution in [2.75, 3.05) is 19.7 Å². The van der Waals surface area contributed by atoms with Gasteiger partial charge in [0.05, 0.1) is 12.2 Å². The number of rotatable bonds is 6. The van der Waals surface area contributed by atoms with Gasteiger partial charge in [0.2, 0.25) is 0 Å². The number of carbonyl (C=O) groups is 1. The van der Waals surface area contributed by atoms with Crippen LogP contribution in [-0.2, 0) is 6.54 Å². The summed E-state index contributed by atoms with van der Waals surface area (Å²) in [5, 5.41) is 22.6. The number of aromatic nitrogens is 1. The Morgan fingerprint density at radius 2 is 2.04 bits per heavy atom. The summed E-state index contributed by atoms with van der Waals surface area (Å²) < 4.78 is 0. The predicted octanol–water partition coefficient (Wildman–Crippen LogP) is 0.757. The molecule has 0 bridgehead atoms. The second-order valence-electron chi connectivity index (χ2n) is 7.64. The molecule has 1 aromatic heterocycles. The highest BCUT2D eigenvalue weighted by Gasteiger charge is 2.30. The summed E-state index contributed by atoms with van der Waals surface area (Å²) in [4.78, 5) is 29.5. The molecule has 0 aromatic carbocycles. The van der Waals surface area contributed by atoms with Gasteiger partial charge < -0.3 is 20.5 Å². The fourth-order valence-electron chi connectivity index (χ4n) is 4.04. The second kappa shape index (κ2) is 8.33. The standard InChI is InChI=1S/C19H29N3O4/c23-12-15-5-4-10-22(15)11-14-6-7-16(18(25)21-14)17(24)20-13-19(26)8-2-1-3-9-19/h6-7,15,23,26H,1-5,8-13H2,(H,20,24)(H,21,25)/t15-/m0/s1. The van der Waals surface area contributed by atoms with Gasteiger partial charge in [0, 0.05) is 24.8 Å². The molecule has 0 unspecified atom stereocenters. The minimum Gasteiger partial charge on any atom is -0.395 e. The molecule has 1 aliphatic heterocycles. The Hall–Kier alpha value is -1.70. The number of nitrogens with zero attached hydrogens (tertiary/aromatic N) is 1. The zero-order chi connectivity index (χ0) is 18.6. The van der Waals surface area contributed by atoms with Crippen LogP contribution in [0.3, 0.4) is 0 Å². The molecule has 1 saturated carbocycles. The Labute approximate surface area is 153 Å². The van der Waals surface area contributed by atoms with Crippen LogP contribution in [0.15, 0.2) is 16.9 Å². The fourth-order valence-corrected chi connectivity index (χ4v) is 4.04. The Kier molecular flexibility index (Phi) is 6.11. The lowest BCUT2D eigenvalue weighted by Gasteiger charge is -2.32. The molecule has 144 valence electrons. The maximum atomic E-state index is 12.3. The number of H-pyrrole nitrogens is 1. The lowest BCUT2D eigenvalue weighted by molar-refractivity contribution is 0.00524. The first-order valence-electron chi connectivity index (χ1n) is 9.58. The van der Waals surface area contributed by atoms with Crippen molar-refractivity contribution in [3.63, 3.8) is 0 Å². The van der Waals surface area contributed by atoms with E-state index in [4.69, 9.17) is 0 Å². The molecule has 4 N–H and O–H groups in total. The van der Waals surface area contributed by atoms with Crippen LogP contribution in [0.4, 0.5) is 0 Å². The molecule has 3 rings (SSSR count). The highest BCUT2D eigenvalue weighted by molar-refractivity contribution is 5.93. The van der Waals surface area contributed by atoms with E-state index in [0.29, 0.717) is 19.4 Å². The maximum Gasteiger partial charge on any atom is 0.261 e. The van der Waals surface area contributed by atoms with Crippen LogP contribution >= 0.6 is 0 Å². The molecule has 1 saturated heterocycles. The summed E-state index contributed by atoms with van der Waals surface area (Å²) in [5.41, 5.74) is -0.475. The zero-order valence-electron chi connectivity index (χ0n) is 15.2. The van der Waals surface area contributed by atoms with E-state index in [-0.39, 0.29) is 24.8 Å². The van der Waals surface area contributed by atoms with Gasteiger partial charge >= 0.3 is 0 Å². The molecule has 7 heteroatoms. The molecule has 1 aliphatic carbocycles. The summed E-state index contributed by atoms with van der Waals surface area (Å²) in [7, 11) is 0. The topological polar surface area (TPSA) is 106 Å². The number of hydrogen-bond donors (Lipinski definition) is 4. The number of aliphatic hydroxyl groups excluding tert-OH is 1. The molecule has 0 spiro atoms. The lowest BCUT2D eigenvalue weighted by Crippen LogP contribution is -2.45. The van der Waals surface area contributed by atoms with Gasteiger partial charge in [-0.05, 0) is 44.4 Å². The summed E-state index contributed by atoms with van der Waals surface area (Å²) >= 11 is 0. The normalized spacial score (nSPS) is 23.1. The maximum absolute atomic E-state index is 12.3. The van der Waals surface area contributed by atoms with Gasteiger partial charge in [-0.3, -0.25) is 14.5 Å².